The molecule has 8 rings (SSSR count). The number of imidazole rings is 2. The quantitative estimate of drug-likeness (QED) is 0.134. The SMILES string of the molecule is COC(=O)NC(C(=O)N1C2CCC(C2)[C@H]1c1ncc(-c2ccc(-c3ccc(-c4cnc([C@@H]5CCCN5C(=O)[C@@H](NC(=O)OC)C(C)C)[nH]4)cc3)cc2)[nH]1)C1CCOCC1. The highest BCUT2D eigenvalue weighted by Gasteiger charge is 2.52. The Kier molecular flexibility index (Phi) is 11.7. The van der Waals surface area contributed by atoms with Gasteiger partial charge in [0, 0.05) is 25.8 Å². The number of amides is 4. The summed E-state index contributed by atoms with van der Waals surface area (Å²) in [6.45, 7) is 5.53. The van der Waals surface area contributed by atoms with Crippen LogP contribution in [0.25, 0.3) is 33.6 Å². The molecular weight excluding hydrogens is 753 g/mol. The number of piperidine rings is 1. The van der Waals surface area contributed by atoms with E-state index < -0.39 is 24.3 Å². The zero-order valence-electron chi connectivity index (χ0n) is 34.1. The average Bonchev–Trinajstić information content (AvgIpc) is 4.13. The first-order chi connectivity index (χ1) is 28.6. The Morgan fingerprint density at radius 2 is 1.32 bits per heavy atom. The summed E-state index contributed by atoms with van der Waals surface area (Å²) in [5, 5.41) is 5.57. The highest BCUT2D eigenvalue weighted by Crippen LogP contribution is 2.50. The lowest BCUT2D eigenvalue weighted by Crippen LogP contribution is -2.55. The van der Waals surface area contributed by atoms with Crippen LogP contribution in [0.3, 0.4) is 0 Å². The number of ether oxygens (including phenoxy) is 3. The second-order valence-corrected chi connectivity index (χ2v) is 16.5. The molecule has 312 valence electrons. The first-order valence-corrected chi connectivity index (χ1v) is 20.8. The fourth-order valence-corrected chi connectivity index (χ4v) is 9.60. The number of rotatable bonds is 11. The van der Waals surface area contributed by atoms with Crippen molar-refractivity contribution >= 4 is 24.0 Å². The van der Waals surface area contributed by atoms with Crippen molar-refractivity contribution in [2.24, 2.45) is 17.8 Å². The van der Waals surface area contributed by atoms with Gasteiger partial charge in [0.1, 0.15) is 23.7 Å². The van der Waals surface area contributed by atoms with Gasteiger partial charge in [-0.05, 0) is 85.0 Å². The molecule has 15 nitrogen and oxygen atoms in total. The van der Waals surface area contributed by atoms with Gasteiger partial charge in [-0.3, -0.25) is 9.59 Å². The molecule has 3 aliphatic heterocycles. The smallest absolute Gasteiger partial charge is 0.407 e. The molecule has 0 spiro atoms. The molecule has 4 amide bonds. The molecular formula is C44H54N8O7. The van der Waals surface area contributed by atoms with Gasteiger partial charge in [0.2, 0.25) is 11.8 Å². The van der Waals surface area contributed by atoms with E-state index in [0.29, 0.717) is 38.5 Å². The fraction of sp³-hybridized carbons (Fsp3) is 0.500. The first-order valence-electron chi connectivity index (χ1n) is 20.8. The van der Waals surface area contributed by atoms with Crippen LogP contribution in [0.5, 0.6) is 0 Å². The summed E-state index contributed by atoms with van der Waals surface area (Å²) in [7, 11) is 2.61. The standard InChI is InChI=1S/C44H54N8O7/c1-25(2)36(49-43(55)57-3)41(53)51-19-5-6-35(51)39-45-23-33(47-39)28-11-7-26(8-12-28)27-9-13-29(14-10-27)34-24-46-40(48-34)38-31-15-16-32(22-31)52(38)42(54)37(50-44(56)58-4)30-17-20-59-21-18-30/h7-14,23-25,30-32,35-38H,5-6,15-22H2,1-4H3,(H,45,47)(H,46,48)(H,49,55)(H,50,56)/t31?,32?,35-,36-,37?,38-/m0/s1. The Hall–Kier alpha value is -5.70. The van der Waals surface area contributed by atoms with Crippen LogP contribution in [0.15, 0.2) is 60.9 Å². The number of alkyl carbamates (subject to hydrolysis) is 2. The number of carbonyl (C=O) groups excluding carboxylic acids is 4. The second kappa shape index (κ2) is 17.3. The Balaban J connectivity index is 0.937. The fourth-order valence-electron chi connectivity index (χ4n) is 9.60. The zero-order valence-corrected chi connectivity index (χ0v) is 34.1. The highest BCUT2D eigenvalue weighted by molar-refractivity contribution is 5.87. The Morgan fingerprint density at radius 3 is 1.93 bits per heavy atom. The Bertz CT molecular complexity index is 2130. The van der Waals surface area contributed by atoms with Crippen molar-refractivity contribution in [3.05, 3.63) is 72.6 Å². The molecule has 59 heavy (non-hydrogen) atoms. The summed E-state index contributed by atoms with van der Waals surface area (Å²) in [4.78, 5) is 72.6. The number of aromatic amines is 2. The van der Waals surface area contributed by atoms with E-state index in [9.17, 15) is 19.2 Å². The molecule has 5 heterocycles. The molecule has 4 fully saturated rings. The van der Waals surface area contributed by atoms with Crippen LogP contribution in [0.4, 0.5) is 9.59 Å². The maximum Gasteiger partial charge on any atom is 0.407 e. The molecule has 0 radical (unpaired) electrons. The summed E-state index contributed by atoms with van der Waals surface area (Å²) >= 11 is 0. The van der Waals surface area contributed by atoms with Gasteiger partial charge >= 0.3 is 12.2 Å². The lowest BCUT2D eigenvalue weighted by atomic mass is 9.89. The lowest BCUT2D eigenvalue weighted by molar-refractivity contribution is -0.140. The first kappa shape index (κ1) is 40.1. The van der Waals surface area contributed by atoms with Crippen molar-refractivity contribution in [3.63, 3.8) is 0 Å². The van der Waals surface area contributed by atoms with Crippen LogP contribution >= 0.6 is 0 Å². The van der Waals surface area contributed by atoms with E-state index in [4.69, 9.17) is 19.2 Å². The zero-order chi connectivity index (χ0) is 41.2. The number of nitrogens with zero attached hydrogens (tertiary/aromatic N) is 4. The average molecular weight is 807 g/mol. The molecule has 4 N–H and O–H groups in total. The third-order valence-electron chi connectivity index (χ3n) is 12.7. The predicted octanol–water partition coefficient (Wildman–Crippen LogP) is 6.38. The van der Waals surface area contributed by atoms with Gasteiger partial charge in [0.15, 0.2) is 0 Å². The molecule has 15 heteroatoms. The summed E-state index contributed by atoms with van der Waals surface area (Å²) in [6.07, 6.45) is 8.37. The molecule has 4 aromatic rings. The number of hydrogen-bond donors (Lipinski definition) is 4. The molecule has 1 aliphatic carbocycles. The largest absolute Gasteiger partial charge is 0.453 e. The summed E-state index contributed by atoms with van der Waals surface area (Å²) in [6, 6.07) is 15.0. The van der Waals surface area contributed by atoms with E-state index in [-0.39, 0.29) is 41.8 Å². The van der Waals surface area contributed by atoms with Crippen molar-refractivity contribution in [1.29, 1.82) is 0 Å². The van der Waals surface area contributed by atoms with E-state index in [2.05, 4.69) is 74.1 Å². The van der Waals surface area contributed by atoms with Gasteiger partial charge < -0.3 is 44.6 Å². The van der Waals surface area contributed by atoms with Gasteiger partial charge in [-0.1, -0.05) is 62.4 Å². The predicted molar refractivity (Wildman–Crippen MR) is 218 cm³/mol. The van der Waals surface area contributed by atoms with Gasteiger partial charge in [-0.25, -0.2) is 19.6 Å². The van der Waals surface area contributed by atoms with Gasteiger partial charge in [0.25, 0.3) is 0 Å². The number of hydrogen-bond acceptors (Lipinski definition) is 9. The highest BCUT2D eigenvalue weighted by atomic mass is 16.5. The van der Waals surface area contributed by atoms with E-state index in [0.717, 1.165) is 77.4 Å². The molecule has 4 aliphatic rings. The molecule has 3 saturated heterocycles. The number of nitrogens with one attached hydrogen (secondary N) is 4. The Morgan fingerprint density at radius 1 is 0.746 bits per heavy atom. The number of aromatic nitrogens is 4. The van der Waals surface area contributed by atoms with Crippen molar-refractivity contribution in [2.75, 3.05) is 34.0 Å². The number of benzene rings is 2. The molecule has 2 bridgehead atoms. The Labute approximate surface area is 344 Å². The van der Waals surface area contributed by atoms with Crippen LogP contribution in [0.1, 0.15) is 82.5 Å². The van der Waals surface area contributed by atoms with Crippen molar-refractivity contribution in [2.45, 2.75) is 89.0 Å². The van der Waals surface area contributed by atoms with Crippen molar-refractivity contribution in [3.8, 4) is 33.6 Å². The molecule has 6 atom stereocenters. The van der Waals surface area contributed by atoms with Gasteiger partial charge in [0.05, 0.1) is 50.1 Å². The maximum absolute atomic E-state index is 14.3. The molecule has 1 saturated carbocycles. The number of carbonyl (C=O) groups is 4. The van der Waals surface area contributed by atoms with Gasteiger partial charge in [-0.2, -0.15) is 0 Å². The number of methoxy groups -OCH3 is 2. The monoisotopic (exact) mass is 806 g/mol. The van der Waals surface area contributed by atoms with Crippen molar-refractivity contribution < 1.29 is 33.4 Å². The molecule has 3 unspecified atom stereocenters. The number of likely N-dealkylation sites (tertiary alicyclic amines) is 2. The third-order valence-corrected chi connectivity index (χ3v) is 12.7. The summed E-state index contributed by atoms with van der Waals surface area (Å²) < 4.78 is 15.2. The van der Waals surface area contributed by atoms with Crippen molar-refractivity contribution in [1.82, 2.24) is 40.4 Å². The van der Waals surface area contributed by atoms with E-state index in [1.807, 2.05) is 29.8 Å². The number of fused-ring (bicyclic) bond motifs is 2. The van der Waals surface area contributed by atoms with Crippen LogP contribution in [-0.4, -0.2) is 106 Å². The lowest BCUT2D eigenvalue weighted by Gasteiger charge is -2.39. The van der Waals surface area contributed by atoms with E-state index in [1.54, 1.807) is 6.20 Å². The minimum Gasteiger partial charge on any atom is -0.453 e. The van der Waals surface area contributed by atoms with Crippen LogP contribution in [0.2, 0.25) is 0 Å². The summed E-state index contributed by atoms with van der Waals surface area (Å²) in [5.41, 5.74) is 5.83. The van der Waals surface area contributed by atoms with Gasteiger partial charge in [-0.15, -0.1) is 0 Å². The summed E-state index contributed by atoms with van der Waals surface area (Å²) in [5.74, 6) is 1.46. The normalized spacial score (nSPS) is 22.7. The van der Waals surface area contributed by atoms with E-state index in [1.165, 1.54) is 14.2 Å². The second-order valence-electron chi connectivity index (χ2n) is 16.5. The van der Waals surface area contributed by atoms with Crippen LogP contribution in [0, 0.1) is 17.8 Å². The topological polar surface area (TPSA) is 184 Å². The maximum atomic E-state index is 14.3. The van der Waals surface area contributed by atoms with Crippen LogP contribution in [-0.2, 0) is 23.8 Å². The number of H-pyrrole nitrogens is 2. The third kappa shape index (κ3) is 8.17. The molecule has 2 aromatic carbocycles. The van der Waals surface area contributed by atoms with Crippen LogP contribution < -0.4 is 10.6 Å². The minimum absolute atomic E-state index is 0.0233. The minimum atomic E-state index is -0.689. The van der Waals surface area contributed by atoms with E-state index >= 15 is 0 Å². The molecule has 2 aromatic heterocycles.